The summed E-state index contributed by atoms with van der Waals surface area (Å²) >= 11 is 0. The molecule has 2 rings (SSSR count). The fraction of sp³-hybridized carbons (Fsp3) is 0.333. The lowest BCUT2D eigenvalue weighted by atomic mass is 10.3. The first-order valence-electron chi connectivity index (χ1n) is 5.57. The summed E-state index contributed by atoms with van der Waals surface area (Å²) in [4.78, 5) is 23.3. The quantitative estimate of drug-likeness (QED) is 0.787. The standard InChI is InChI=1S/C12H14N2O4/c1-3-18-11-10(15)12(16)14(13-11)8-4-6-9(17-2)7-5-8/h4-7,11,13H,3H2,1-2H3. The van der Waals surface area contributed by atoms with E-state index in [1.807, 2.05) is 0 Å². The fourth-order valence-electron chi connectivity index (χ4n) is 1.66. The number of hydrogen-bond donors (Lipinski definition) is 1. The van der Waals surface area contributed by atoms with Crippen LogP contribution in [-0.4, -0.2) is 31.6 Å². The zero-order valence-electron chi connectivity index (χ0n) is 10.2. The van der Waals surface area contributed by atoms with Crippen LogP contribution in [0.15, 0.2) is 24.3 Å². The number of benzene rings is 1. The Hall–Kier alpha value is -1.92. The van der Waals surface area contributed by atoms with E-state index in [1.54, 1.807) is 38.3 Å². The average Bonchev–Trinajstić information content (AvgIpc) is 2.68. The van der Waals surface area contributed by atoms with Gasteiger partial charge in [0.25, 0.3) is 5.78 Å². The van der Waals surface area contributed by atoms with Crippen molar-refractivity contribution in [2.24, 2.45) is 0 Å². The predicted molar refractivity (Wildman–Crippen MR) is 64.0 cm³/mol. The molecule has 0 spiro atoms. The zero-order chi connectivity index (χ0) is 13.1. The number of carbonyl (C=O) groups is 2. The highest BCUT2D eigenvalue weighted by atomic mass is 16.5. The van der Waals surface area contributed by atoms with E-state index in [0.717, 1.165) is 0 Å². The van der Waals surface area contributed by atoms with Crippen LogP contribution in [0.2, 0.25) is 0 Å². The van der Waals surface area contributed by atoms with Gasteiger partial charge in [-0.25, -0.2) is 5.01 Å². The molecule has 6 nitrogen and oxygen atoms in total. The van der Waals surface area contributed by atoms with Crippen LogP contribution in [0.4, 0.5) is 5.69 Å². The first kappa shape index (κ1) is 12.5. The molecule has 18 heavy (non-hydrogen) atoms. The van der Waals surface area contributed by atoms with Crippen molar-refractivity contribution in [3.63, 3.8) is 0 Å². The van der Waals surface area contributed by atoms with E-state index in [-0.39, 0.29) is 0 Å². The van der Waals surface area contributed by atoms with Crippen molar-refractivity contribution in [1.82, 2.24) is 5.43 Å². The molecule has 6 heteroatoms. The lowest BCUT2D eigenvalue weighted by molar-refractivity contribution is -0.139. The fourth-order valence-corrected chi connectivity index (χ4v) is 1.66. The number of carbonyl (C=O) groups excluding carboxylic acids is 2. The van der Waals surface area contributed by atoms with Crippen molar-refractivity contribution in [2.75, 3.05) is 18.7 Å². The molecule has 1 aliphatic heterocycles. The van der Waals surface area contributed by atoms with E-state index in [2.05, 4.69) is 5.43 Å². The van der Waals surface area contributed by atoms with Crippen LogP contribution < -0.4 is 15.2 Å². The van der Waals surface area contributed by atoms with Gasteiger partial charge in [-0.15, -0.1) is 0 Å². The van der Waals surface area contributed by atoms with Gasteiger partial charge in [0, 0.05) is 6.61 Å². The topological polar surface area (TPSA) is 67.9 Å². The predicted octanol–water partition coefficient (Wildman–Crippen LogP) is 0.478. The largest absolute Gasteiger partial charge is 0.497 e. The van der Waals surface area contributed by atoms with Gasteiger partial charge in [-0.05, 0) is 31.2 Å². The Labute approximate surface area is 104 Å². The molecule has 1 aromatic rings. The van der Waals surface area contributed by atoms with Gasteiger partial charge in [0.05, 0.1) is 12.8 Å². The van der Waals surface area contributed by atoms with Gasteiger partial charge < -0.3 is 9.47 Å². The molecule has 1 amide bonds. The summed E-state index contributed by atoms with van der Waals surface area (Å²) in [6, 6.07) is 6.79. The SMILES string of the molecule is CCOC1NN(c2ccc(OC)cc2)C(=O)C1=O. The normalized spacial score (nSPS) is 19.4. The molecule has 0 radical (unpaired) electrons. The molecule has 0 aliphatic carbocycles. The molecule has 1 atom stereocenters. The van der Waals surface area contributed by atoms with Crippen LogP contribution in [0.25, 0.3) is 0 Å². The van der Waals surface area contributed by atoms with E-state index < -0.39 is 17.9 Å². The van der Waals surface area contributed by atoms with E-state index in [9.17, 15) is 9.59 Å². The maximum absolute atomic E-state index is 11.7. The zero-order valence-corrected chi connectivity index (χ0v) is 10.2. The molecular formula is C12H14N2O4. The summed E-state index contributed by atoms with van der Waals surface area (Å²) in [5.41, 5.74) is 3.28. The molecule has 1 aliphatic rings. The third-order valence-corrected chi connectivity index (χ3v) is 2.56. The molecule has 1 unspecified atom stereocenters. The van der Waals surface area contributed by atoms with E-state index in [0.29, 0.717) is 18.0 Å². The van der Waals surface area contributed by atoms with Crippen molar-refractivity contribution in [1.29, 1.82) is 0 Å². The summed E-state index contributed by atoms with van der Waals surface area (Å²) in [5.74, 6) is -0.538. The van der Waals surface area contributed by atoms with E-state index >= 15 is 0 Å². The Morgan fingerprint density at radius 3 is 2.50 bits per heavy atom. The highest BCUT2D eigenvalue weighted by Gasteiger charge is 2.39. The smallest absolute Gasteiger partial charge is 0.313 e. The number of anilines is 1. The second-order valence-electron chi connectivity index (χ2n) is 3.67. The van der Waals surface area contributed by atoms with Crippen molar-refractivity contribution in [3.8, 4) is 5.75 Å². The molecule has 1 N–H and O–H groups in total. The maximum Gasteiger partial charge on any atom is 0.313 e. The Morgan fingerprint density at radius 2 is 1.94 bits per heavy atom. The summed E-state index contributed by atoms with van der Waals surface area (Å²) in [6.07, 6.45) is -0.899. The van der Waals surface area contributed by atoms with Crippen LogP contribution in [0.5, 0.6) is 5.75 Å². The molecule has 1 aromatic carbocycles. The van der Waals surface area contributed by atoms with Crippen LogP contribution in [0.1, 0.15) is 6.92 Å². The third-order valence-electron chi connectivity index (χ3n) is 2.56. The average molecular weight is 250 g/mol. The molecule has 1 saturated heterocycles. The van der Waals surface area contributed by atoms with Gasteiger partial charge in [0.1, 0.15) is 5.75 Å². The molecule has 1 heterocycles. The number of ketones is 1. The van der Waals surface area contributed by atoms with Gasteiger partial charge in [0.15, 0.2) is 6.23 Å². The highest BCUT2D eigenvalue weighted by Crippen LogP contribution is 2.21. The van der Waals surface area contributed by atoms with Gasteiger partial charge in [-0.2, -0.15) is 5.43 Å². The first-order valence-corrected chi connectivity index (χ1v) is 5.57. The Kier molecular flexibility index (Phi) is 3.59. The molecule has 0 bridgehead atoms. The molecule has 0 aromatic heterocycles. The number of ether oxygens (including phenoxy) is 2. The van der Waals surface area contributed by atoms with Gasteiger partial charge in [-0.1, -0.05) is 0 Å². The maximum atomic E-state index is 11.7. The van der Waals surface area contributed by atoms with Crippen molar-refractivity contribution in [2.45, 2.75) is 13.2 Å². The Balaban J connectivity index is 2.18. The Bertz CT molecular complexity index is 458. The molecule has 1 fully saturated rings. The van der Waals surface area contributed by atoms with Crippen molar-refractivity contribution in [3.05, 3.63) is 24.3 Å². The Morgan fingerprint density at radius 1 is 1.28 bits per heavy atom. The number of amides is 1. The number of nitrogens with zero attached hydrogens (tertiary/aromatic N) is 1. The van der Waals surface area contributed by atoms with Crippen molar-refractivity contribution < 1.29 is 19.1 Å². The van der Waals surface area contributed by atoms with E-state index in [1.165, 1.54) is 5.01 Å². The van der Waals surface area contributed by atoms with Crippen LogP contribution in [0, 0.1) is 0 Å². The summed E-state index contributed by atoms with van der Waals surface area (Å²) < 4.78 is 10.2. The number of hydrazine groups is 1. The van der Waals surface area contributed by atoms with Crippen LogP contribution in [-0.2, 0) is 14.3 Å². The highest BCUT2D eigenvalue weighted by molar-refractivity contribution is 6.44. The number of methoxy groups -OCH3 is 1. The monoisotopic (exact) mass is 250 g/mol. The number of hydrogen-bond acceptors (Lipinski definition) is 5. The number of Topliss-reactive ketones (excluding diaryl/α,β-unsaturated/α-hetero) is 1. The molecular weight excluding hydrogens is 236 g/mol. The minimum Gasteiger partial charge on any atom is -0.497 e. The van der Waals surface area contributed by atoms with Gasteiger partial charge in [0.2, 0.25) is 0 Å². The van der Waals surface area contributed by atoms with Crippen LogP contribution in [0.3, 0.4) is 0 Å². The van der Waals surface area contributed by atoms with Gasteiger partial charge >= 0.3 is 5.91 Å². The lowest BCUT2D eigenvalue weighted by Crippen LogP contribution is -2.38. The summed E-state index contributed by atoms with van der Waals surface area (Å²) in [5, 5.41) is 1.18. The molecule has 96 valence electrons. The third kappa shape index (κ3) is 2.20. The van der Waals surface area contributed by atoms with Crippen LogP contribution >= 0.6 is 0 Å². The minimum absolute atomic E-state index is 0.354. The van der Waals surface area contributed by atoms with Gasteiger partial charge in [-0.3, -0.25) is 9.59 Å². The lowest BCUT2D eigenvalue weighted by Gasteiger charge is -2.16. The summed E-state index contributed by atoms with van der Waals surface area (Å²) in [6.45, 7) is 2.11. The second kappa shape index (κ2) is 5.16. The minimum atomic E-state index is -0.899. The van der Waals surface area contributed by atoms with Crippen molar-refractivity contribution >= 4 is 17.4 Å². The number of rotatable bonds is 4. The van der Waals surface area contributed by atoms with E-state index in [4.69, 9.17) is 9.47 Å². The number of nitrogens with one attached hydrogen (secondary N) is 1. The first-order chi connectivity index (χ1) is 8.67. The second-order valence-corrected chi connectivity index (χ2v) is 3.67. The molecule has 0 saturated carbocycles. The summed E-state index contributed by atoms with van der Waals surface area (Å²) in [7, 11) is 1.56.